The van der Waals surface area contributed by atoms with E-state index in [-0.39, 0.29) is 26.0 Å². The van der Waals surface area contributed by atoms with Crippen molar-refractivity contribution in [3.8, 4) is 0 Å². The third-order valence-corrected chi connectivity index (χ3v) is 9.10. The van der Waals surface area contributed by atoms with Crippen LogP contribution in [-0.2, 0) is 23.2 Å². The Kier molecular flexibility index (Phi) is 27.2. The highest BCUT2D eigenvalue weighted by Gasteiger charge is 2.49. The summed E-state index contributed by atoms with van der Waals surface area (Å²) in [6, 6.07) is 0. The molecule has 0 aromatic heterocycles. The van der Waals surface area contributed by atoms with Gasteiger partial charge < -0.3 is 20.8 Å². The Morgan fingerprint density at radius 3 is 1.30 bits per heavy atom. The highest BCUT2D eigenvalue weighted by Crippen LogP contribution is 2.43. The van der Waals surface area contributed by atoms with Gasteiger partial charge in [0.1, 0.15) is 6.10 Å². The van der Waals surface area contributed by atoms with Crippen LogP contribution >= 0.6 is 7.82 Å². The Labute approximate surface area is 262 Å². The average Bonchev–Trinajstić information content (AvgIpc) is 2.99. The number of phosphoric acid groups is 1. The number of carbonyl (C=O) groups is 2. The first-order valence-electron chi connectivity index (χ1n) is 17.4. The second-order valence-corrected chi connectivity index (χ2v) is 13.5. The van der Waals surface area contributed by atoms with Gasteiger partial charge in [-0.15, -0.1) is 0 Å². The fourth-order valence-corrected chi connectivity index (χ4v) is 6.04. The number of nitrogens with two attached hydrogens (primary N) is 1. The van der Waals surface area contributed by atoms with Gasteiger partial charge in [0, 0.05) is 19.4 Å². The summed E-state index contributed by atoms with van der Waals surface area (Å²) in [6.45, 7) is 3.26. The molecule has 0 bridgehead atoms. The van der Waals surface area contributed by atoms with Crippen molar-refractivity contribution in [3.05, 3.63) is 0 Å². The van der Waals surface area contributed by atoms with E-state index < -0.39 is 37.7 Å². The molecule has 0 aromatic carbocycles. The van der Waals surface area contributed by atoms with Crippen LogP contribution in [0, 0.1) is 0 Å². The minimum atomic E-state index is -4.56. The van der Waals surface area contributed by atoms with Crippen molar-refractivity contribution in [2.75, 3.05) is 19.8 Å². The van der Waals surface area contributed by atoms with E-state index in [0.717, 1.165) is 51.4 Å². The van der Waals surface area contributed by atoms with Gasteiger partial charge in [0.05, 0.1) is 13.2 Å². The van der Waals surface area contributed by atoms with Crippen molar-refractivity contribution in [1.29, 1.82) is 0 Å². The number of hydrogen-bond donors (Lipinski definition) is 4. The van der Waals surface area contributed by atoms with Gasteiger partial charge in [-0.3, -0.25) is 18.6 Å². The Balaban J connectivity index is 4.73. The number of rotatable bonds is 33. The van der Waals surface area contributed by atoms with Gasteiger partial charge in [0.2, 0.25) is 5.60 Å². The first-order chi connectivity index (χ1) is 20.7. The van der Waals surface area contributed by atoms with E-state index in [1.54, 1.807) is 0 Å². The monoisotopic (exact) mass is 635 g/mol. The summed E-state index contributed by atoms with van der Waals surface area (Å²) in [5, 5.41) is 22.0. The van der Waals surface area contributed by atoms with Crippen LogP contribution in [0.4, 0.5) is 0 Å². The van der Waals surface area contributed by atoms with Crippen LogP contribution < -0.4 is 5.73 Å². The van der Waals surface area contributed by atoms with Crippen molar-refractivity contribution in [2.24, 2.45) is 5.73 Å². The highest BCUT2D eigenvalue weighted by atomic mass is 31.2. The van der Waals surface area contributed by atoms with Gasteiger partial charge in [-0.1, -0.05) is 142 Å². The maximum absolute atomic E-state index is 13.1. The predicted molar refractivity (Wildman–Crippen MR) is 174 cm³/mol. The lowest BCUT2D eigenvalue weighted by atomic mass is 9.82. The van der Waals surface area contributed by atoms with Crippen LogP contribution in [0.1, 0.15) is 168 Å². The van der Waals surface area contributed by atoms with Gasteiger partial charge in [-0.25, -0.2) is 4.57 Å². The van der Waals surface area contributed by atoms with Crippen molar-refractivity contribution in [2.45, 2.75) is 180 Å². The Morgan fingerprint density at radius 1 is 0.651 bits per heavy atom. The zero-order chi connectivity index (χ0) is 32.2. The van der Waals surface area contributed by atoms with Crippen molar-refractivity contribution in [3.63, 3.8) is 0 Å². The fraction of sp³-hybridized carbons (Fsp3) is 0.939. The molecule has 0 saturated carbocycles. The summed E-state index contributed by atoms with van der Waals surface area (Å²) in [7, 11) is -4.56. The summed E-state index contributed by atoms with van der Waals surface area (Å²) in [4.78, 5) is 36.0. The molecule has 5 N–H and O–H groups in total. The smallest absolute Gasteiger partial charge is 0.387 e. The Morgan fingerprint density at radius 2 is 0.977 bits per heavy atom. The minimum absolute atomic E-state index is 0.0186. The van der Waals surface area contributed by atoms with E-state index in [0.29, 0.717) is 12.8 Å². The molecule has 256 valence electrons. The zero-order valence-corrected chi connectivity index (χ0v) is 28.5. The molecule has 0 fully saturated rings. The Bertz CT molecular complexity index is 698. The molecule has 9 nitrogen and oxygen atoms in total. The molecule has 43 heavy (non-hydrogen) atoms. The lowest BCUT2D eigenvalue weighted by Gasteiger charge is -2.30. The number of phosphoric ester groups is 1. The summed E-state index contributed by atoms with van der Waals surface area (Å²) in [6.07, 6.45) is 22.0. The van der Waals surface area contributed by atoms with E-state index in [1.807, 2.05) is 0 Å². The number of carbonyl (C=O) groups excluding carboxylic acids is 2. The van der Waals surface area contributed by atoms with Gasteiger partial charge in [0.25, 0.3) is 0 Å². The normalized spacial score (nSPS) is 14.1. The lowest BCUT2D eigenvalue weighted by Crippen LogP contribution is -2.57. The summed E-state index contributed by atoms with van der Waals surface area (Å²) in [5.41, 5.74) is 2.59. The average molecular weight is 636 g/mol. The first kappa shape index (κ1) is 42.3. The molecule has 10 heteroatoms. The molecule has 0 amide bonds. The zero-order valence-electron chi connectivity index (χ0n) is 27.6. The molecule has 1 unspecified atom stereocenters. The molecular weight excluding hydrogens is 569 g/mol. The van der Waals surface area contributed by atoms with Crippen LogP contribution in [0.5, 0.6) is 0 Å². The van der Waals surface area contributed by atoms with Crippen molar-refractivity contribution < 1.29 is 38.3 Å². The van der Waals surface area contributed by atoms with E-state index in [2.05, 4.69) is 18.4 Å². The molecule has 0 spiro atoms. The van der Waals surface area contributed by atoms with Crippen LogP contribution in [-0.4, -0.2) is 58.1 Å². The van der Waals surface area contributed by atoms with Crippen molar-refractivity contribution in [1.82, 2.24) is 0 Å². The number of aliphatic hydroxyl groups is 2. The first-order valence-corrected chi connectivity index (χ1v) is 18.9. The minimum Gasteiger partial charge on any atom is -0.387 e. The second kappa shape index (κ2) is 27.6. The molecule has 0 aliphatic carbocycles. The van der Waals surface area contributed by atoms with E-state index in [1.165, 1.54) is 77.0 Å². The molecule has 0 rings (SSSR count). The molecule has 0 aliphatic heterocycles. The van der Waals surface area contributed by atoms with Crippen molar-refractivity contribution >= 4 is 19.4 Å². The predicted octanol–water partition coefficient (Wildman–Crippen LogP) is 7.71. The molecule has 0 radical (unpaired) electrons. The Hall–Kier alpha value is -0.670. The molecular formula is C33H66NO8P. The molecule has 2 atom stereocenters. The number of aliphatic hydroxyl groups excluding tert-OH is 1. The third-order valence-electron chi connectivity index (χ3n) is 8.12. The molecule has 0 aliphatic rings. The quantitative estimate of drug-likeness (QED) is 0.0322. The largest absolute Gasteiger partial charge is 0.472 e. The number of ketones is 2. The van der Waals surface area contributed by atoms with Crippen LogP contribution in [0.25, 0.3) is 0 Å². The van der Waals surface area contributed by atoms with E-state index >= 15 is 0 Å². The number of hydrogen-bond acceptors (Lipinski definition) is 8. The van der Waals surface area contributed by atoms with Gasteiger partial charge in [-0.05, 0) is 12.8 Å². The second-order valence-electron chi connectivity index (χ2n) is 12.1. The van der Waals surface area contributed by atoms with Crippen LogP contribution in [0.3, 0.4) is 0 Å². The summed E-state index contributed by atoms with van der Waals surface area (Å²) >= 11 is 0. The lowest BCUT2D eigenvalue weighted by molar-refractivity contribution is -0.166. The van der Waals surface area contributed by atoms with Gasteiger partial charge >= 0.3 is 7.82 Å². The highest BCUT2D eigenvalue weighted by molar-refractivity contribution is 7.47. The topological polar surface area (TPSA) is 156 Å². The van der Waals surface area contributed by atoms with Gasteiger partial charge in [-0.2, -0.15) is 0 Å². The SMILES string of the molecule is CCCCCCCCCCCCCC(=O)C(O)(C(=O)CCCCCCCCCCCCC)[C@@H](O)COP(=O)(O)OCCN. The van der Waals surface area contributed by atoms with E-state index in [4.69, 9.17) is 10.3 Å². The van der Waals surface area contributed by atoms with E-state index in [9.17, 15) is 29.3 Å². The maximum atomic E-state index is 13.1. The fourth-order valence-electron chi connectivity index (χ4n) is 5.30. The molecule has 0 saturated heterocycles. The maximum Gasteiger partial charge on any atom is 0.472 e. The third kappa shape index (κ3) is 21.7. The molecule has 0 heterocycles. The van der Waals surface area contributed by atoms with Crippen LogP contribution in [0.15, 0.2) is 0 Å². The van der Waals surface area contributed by atoms with Crippen LogP contribution in [0.2, 0.25) is 0 Å². The van der Waals surface area contributed by atoms with Gasteiger partial charge in [0.15, 0.2) is 11.6 Å². The number of Topliss-reactive ketones (excluding diaryl/α,β-unsaturated/α-hetero) is 2. The summed E-state index contributed by atoms with van der Waals surface area (Å²) < 4.78 is 21.4. The number of unbranched alkanes of at least 4 members (excludes halogenated alkanes) is 20. The standard InChI is InChI=1S/C33H66NO8P/c1-3-5-7-9-11-13-15-17-19-21-23-25-30(35)33(38,32(37)29-42-43(39,40)41-28-27-34)31(36)26-24-22-20-18-16-14-12-10-8-6-4-2/h32,37-38H,3-29,34H2,1-2H3,(H,39,40)/t32-/m0/s1. The molecule has 0 aromatic rings. The summed E-state index contributed by atoms with van der Waals surface area (Å²) in [5.74, 6) is -1.55.